The Bertz CT molecular complexity index is 1510. The summed E-state index contributed by atoms with van der Waals surface area (Å²) < 4.78 is 0. The van der Waals surface area contributed by atoms with Crippen LogP contribution in [0.25, 0.3) is 10.9 Å². The number of aryl methyl sites for hydroxylation is 1. The van der Waals surface area contributed by atoms with Crippen LogP contribution in [0.5, 0.6) is 0 Å². The molecule has 0 unspecified atom stereocenters. The molecule has 3 N–H and O–H groups in total. The molecule has 1 heterocycles. The number of carbonyl (C=O) groups excluding carboxylic acids is 1. The van der Waals surface area contributed by atoms with Gasteiger partial charge in [-0.1, -0.05) is 42.3 Å². The maximum Gasteiger partial charge on any atom is 0.330 e. The highest BCUT2D eigenvalue weighted by Gasteiger charge is 2.22. The number of aliphatic carboxylic acids is 1. The summed E-state index contributed by atoms with van der Waals surface area (Å²) in [6.45, 7) is 2.48. The van der Waals surface area contributed by atoms with Crippen molar-refractivity contribution in [2.75, 3.05) is 11.4 Å². The highest BCUT2D eigenvalue weighted by molar-refractivity contribution is 5.97. The number of carboxylic acids is 1. The van der Waals surface area contributed by atoms with Crippen molar-refractivity contribution in [2.24, 2.45) is 0 Å². The second kappa shape index (κ2) is 10.6. The number of amides is 1. The highest BCUT2D eigenvalue weighted by atomic mass is 16.4. The predicted molar refractivity (Wildman–Crippen MR) is 138 cm³/mol. The lowest BCUT2D eigenvalue weighted by Crippen LogP contribution is -2.33. The Labute approximate surface area is 207 Å². The standard InChI is InChI=1S/C28H24N4O4/c1-3-15-32(17-19-9-14-24-23(16-19)27(34)30-18(2)29-24)22-12-10-21(11-13-22)26(33)31-25(28(35)36)20-7-5-4-6-8-20/h1,4-14,16,25H,15,17H2,2H3,(H,31,33)(H,35,36)(H,29,30,34)/t25-/m1/s1. The summed E-state index contributed by atoms with van der Waals surface area (Å²) in [5, 5.41) is 12.6. The van der Waals surface area contributed by atoms with Gasteiger partial charge in [0.15, 0.2) is 6.04 Å². The first-order valence-corrected chi connectivity index (χ1v) is 11.2. The van der Waals surface area contributed by atoms with E-state index in [0.29, 0.717) is 40.9 Å². The number of hydrogen-bond donors (Lipinski definition) is 3. The maximum absolute atomic E-state index is 12.8. The van der Waals surface area contributed by atoms with E-state index in [1.165, 1.54) is 0 Å². The zero-order valence-corrected chi connectivity index (χ0v) is 19.6. The van der Waals surface area contributed by atoms with Gasteiger partial charge in [-0.3, -0.25) is 9.59 Å². The van der Waals surface area contributed by atoms with E-state index in [9.17, 15) is 19.5 Å². The number of terminal acetylenes is 1. The number of aromatic amines is 1. The van der Waals surface area contributed by atoms with Gasteiger partial charge in [0.2, 0.25) is 0 Å². The summed E-state index contributed by atoms with van der Waals surface area (Å²) in [7, 11) is 0. The van der Waals surface area contributed by atoms with E-state index in [4.69, 9.17) is 6.42 Å². The molecular weight excluding hydrogens is 456 g/mol. The fourth-order valence-corrected chi connectivity index (χ4v) is 3.94. The number of hydrogen-bond acceptors (Lipinski definition) is 5. The molecule has 0 radical (unpaired) electrons. The summed E-state index contributed by atoms with van der Waals surface area (Å²) in [5.41, 5.74) is 2.87. The van der Waals surface area contributed by atoms with Gasteiger partial charge < -0.3 is 20.3 Å². The van der Waals surface area contributed by atoms with Crippen LogP contribution >= 0.6 is 0 Å². The zero-order chi connectivity index (χ0) is 25.7. The van der Waals surface area contributed by atoms with Crippen molar-refractivity contribution in [3.63, 3.8) is 0 Å². The van der Waals surface area contributed by atoms with Gasteiger partial charge in [0, 0.05) is 17.8 Å². The van der Waals surface area contributed by atoms with Crippen molar-refractivity contribution in [2.45, 2.75) is 19.5 Å². The van der Waals surface area contributed by atoms with E-state index in [1.807, 2.05) is 11.0 Å². The molecular formula is C28H24N4O4. The van der Waals surface area contributed by atoms with Crippen molar-refractivity contribution in [1.29, 1.82) is 0 Å². The molecule has 180 valence electrons. The van der Waals surface area contributed by atoms with Crippen LogP contribution in [-0.2, 0) is 11.3 Å². The molecule has 4 rings (SSSR count). The largest absolute Gasteiger partial charge is 0.479 e. The molecule has 1 amide bonds. The number of nitrogens with zero attached hydrogens (tertiary/aromatic N) is 2. The zero-order valence-electron chi connectivity index (χ0n) is 19.6. The second-order valence-electron chi connectivity index (χ2n) is 8.27. The van der Waals surface area contributed by atoms with E-state index in [-0.39, 0.29) is 5.56 Å². The van der Waals surface area contributed by atoms with Crippen molar-refractivity contribution < 1.29 is 14.7 Å². The summed E-state index contributed by atoms with van der Waals surface area (Å²) in [5.74, 6) is 1.54. The molecule has 0 saturated carbocycles. The van der Waals surface area contributed by atoms with Crippen LogP contribution in [-0.4, -0.2) is 33.5 Å². The lowest BCUT2D eigenvalue weighted by atomic mass is 10.1. The van der Waals surface area contributed by atoms with Crippen LogP contribution in [0, 0.1) is 19.3 Å². The molecule has 8 heteroatoms. The lowest BCUT2D eigenvalue weighted by Gasteiger charge is -2.23. The fourth-order valence-electron chi connectivity index (χ4n) is 3.94. The Kier molecular flexibility index (Phi) is 7.12. The van der Waals surface area contributed by atoms with Gasteiger partial charge in [-0.25, -0.2) is 9.78 Å². The third kappa shape index (κ3) is 5.42. The van der Waals surface area contributed by atoms with Gasteiger partial charge in [-0.15, -0.1) is 6.42 Å². The van der Waals surface area contributed by atoms with E-state index in [2.05, 4.69) is 21.2 Å². The molecule has 0 aliphatic heterocycles. The minimum Gasteiger partial charge on any atom is -0.479 e. The summed E-state index contributed by atoms with van der Waals surface area (Å²) in [4.78, 5) is 45.8. The second-order valence-corrected chi connectivity index (χ2v) is 8.27. The number of aromatic nitrogens is 2. The normalized spacial score (nSPS) is 11.4. The SMILES string of the molecule is C#CCN(Cc1ccc2nc(C)[nH]c(=O)c2c1)c1ccc(C(=O)N[C@@H](C(=O)O)c2ccccc2)cc1. The van der Waals surface area contributed by atoms with Gasteiger partial charge in [-0.2, -0.15) is 0 Å². The first-order valence-electron chi connectivity index (χ1n) is 11.2. The number of anilines is 1. The molecule has 0 aliphatic carbocycles. The van der Waals surface area contributed by atoms with E-state index >= 15 is 0 Å². The third-order valence-corrected chi connectivity index (χ3v) is 5.69. The summed E-state index contributed by atoms with van der Waals surface area (Å²) in [6.07, 6.45) is 5.59. The van der Waals surface area contributed by atoms with E-state index in [1.54, 1.807) is 73.7 Å². The number of carbonyl (C=O) groups is 2. The average molecular weight is 481 g/mol. The van der Waals surface area contributed by atoms with E-state index < -0.39 is 17.9 Å². The number of carboxylic acid groups (broad SMARTS) is 1. The number of benzene rings is 3. The van der Waals surface area contributed by atoms with Crippen LogP contribution in [0.3, 0.4) is 0 Å². The molecule has 1 aromatic heterocycles. The lowest BCUT2D eigenvalue weighted by molar-refractivity contribution is -0.139. The monoisotopic (exact) mass is 480 g/mol. The Morgan fingerprint density at radius 1 is 1.11 bits per heavy atom. The smallest absolute Gasteiger partial charge is 0.330 e. The van der Waals surface area contributed by atoms with Crippen LogP contribution in [0.1, 0.15) is 33.4 Å². The molecule has 3 aromatic carbocycles. The molecule has 8 nitrogen and oxygen atoms in total. The Morgan fingerprint density at radius 3 is 2.50 bits per heavy atom. The predicted octanol–water partition coefficient (Wildman–Crippen LogP) is 3.43. The molecule has 0 aliphatic rings. The van der Waals surface area contributed by atoms with E-state index in [0.717, 1.165) is 11.3 Å². The number of fused-ring (bicyclic) bond motifs is 1. The molecule has 1 atom stereocenters. The van der Waals surface area contributed by atoms with Crippen LogP contribution in [0.2, 0.25) is 0 Å². The van der Waals surface area contributed by atoms with Crippen molar-refractivity contribution in [1.82, 2.24) is 15.3 Å². The van der Waals surface area contributed by atoms with Crippen molar-refractivity contribution in [3.8, 4) is 12.3 Å². The Morgan fingerprint density at radius 2 is 1.83 bits per heavy atom. The minimum atomic E-state index is -1.16. The molecule has 0 fully saturated rings. The molecule has 0 saturated heterocycles. The minimum absolute atomic E-state index is 0.201. The Hall–Kier alpha value is -4.90. The number of H-pyrrole nitrogens is 1. The quantitative estimate of drug-likeness (QED) is 0.333. The van der Waals surface area contributed by atoms with Crippen molar-refractivity contribution in [3.05, 3.63) is 106 Å². The average Bonchev–Trinajstić information content (AvgIpc) is 2.87. The topological polar surface area (TPSA) is 115 Å². The molecule has 4 aromatic rings. The van der Waals surface area contributed by atoms with Crippen LogP contribution in [0.4, 0.5) is 5.69 Å². The summed E-state index contributed by atoms with van der Waals surface area (Å²) >= 11 is 0. The van der Waals surface area contributed by atoms with Gasteiger partial charge in [0.05, 0.1) is 17.4 Å². The first-order chi connectivity index (χ1) is 17.4. The first kappa shape index (κ1) is 24.2. The van der Waals surface area contributed by atoms with Gasteiger partial charge >= 0.3 is 5.97 Å². The van der Waals surface area contributed by atoms with Crippen LogP contribution in [0.15, 0.2) is 77.6 Å². The van der Waals surface area contributed by atoms with Gasteiger partial charge in [-0.05, 0) is 54.4 Å². The fraction of sp³-hybridized carbons (Fsp3) is 0.143. The van der Waals surface area contributed by atoms with Crippen LogP contribution < -0.4 is 15.8 Å². The number of rotatable bonds is 8. The maximum atomic E-state index is 12.8. The molecule has 0 spiro atoms. The number of nitrogens with one attached hydrogen (secondary N) is 2. The molecule has 36 heavy (non-hydrogen) atoms. The van der Waals surface area contributed by atoms with Gasteiger partial charge in [0.1, 0.15) is 5.82 Å². The van der Waals surface area contributed by atoms with Crippen molar-refractivity contribution >= 4 is 28.5 Å². The van der Waals surface area contributed by atoms with Gasteiger partial charge in [0.25, 0.3) is 11.5 Å². The molecule has 0 bridgehead atoms. The summed E-state index contributed by atoms with van der Waals surface area (Å²) in [6, 6.07) is 19.6. The highest BCUT2D eigenvalue weighted by Crippen LogP contribution is 2.20. The third-order valence-electron chi connectivity index (χ3n) is 5.69. The Balaban J connectivity index is 1.52.